The standard InChI is InChI=1S/C14H16N2O2/c1-10-6-7-13(18-10)8-11(9-15)14(17)16-12-4-2-3-5-12/h6-8,12H,2-5H2,1H3,(H,16,17)/b11-8+. The van der Waals surface area contributed by atoms with Crippen molar-refractivity contribution in [2.45, 2.75) is 38.6 Å². The van der Waals surface area contributed by atoms with Gasteiger partial charge in [0, 0.05) is 12.1 Å². The summed E-state index contributed by atoms with van der Waals surface area (Å²) in [6, 6.07) is 5.68. The SMILES string of the molecule is Cc1ccc(/C=C(\C#N)C(=O)NC2CCCC2)o1. The number of nitrogens with zero attached hydrogens (tertiary/aromatic N) is 1. The molecule has 1 amide bonds. The van der Waals surface area contributed by atoms with Crippen LogP contribution in [0.3, 0.4) is 0 Å². The highest BCUT2D eigenvalue weighted by atomic mass is 16.3. The lowest BCUT2D eigenvalue weighted by Gasteiger charge is -2.10. The summed E-state index contributed by atoms with van der Waals surface area (Å²) in [6.45, 7) is 1.82. The first-order chi connectivity index (χ1) is 8.69. The lowest BCUT2D eigenvalue weighted by molar-refractivity contribution is -0.117. The monoisotopic (exact) mass is 244 g/mol. The van der Waals surface area contributed by atoms with Crippen LogP contribution in [0.25, 0.3) is 6.08 Å². The Balaban J connectivity index is 2.06. The summed E-state index contributed by atoms with van der Waals surface area (Å²) < 4.78 is 5.33. The fourth-order valence-corrected chi connectivity index (χ4v) is 2.16. The van der Waals surface area contributed by atoms with E-state index in [1.807, 2.05) is 13.0 Å². The van der Waals surface area contributed by atoms with Crippen LogP contribution < -0.4 is 5.32 Å². The smallest absolute Gasteiger partial charge is 0.262 e. The number of furan rings is 1. The quantitative estimate of drug-likeness (QED) is 0.656. The van der Waals surface area contributed by atoms with Crippen LogP contribution in [0.2, 0.25) is 0 Å². The minimum Gasteiger partial charge on any atom is -0.462 e. The maximum atomic E-state index is 11.9. The highest BCUT2D eigenvalue weighted by molar-refractivity contribution is 6.01. The fraction of sp³-hybridized carbons (Fsp3) is 0.429. The normalized spacial score (nSPS) is 16.6. The van der Waals surface area contributed by atoms with Crippen LogP contribution in [-0.2, 0) is 4.79 Å². The first kappa shape index (κ1) is 12.4. The molecule has 4 heteroatoms. The molecule has 94 valence electrons. The van der Waals surface area contributed by atoms with Crippen molar-refractivity contribution >= 4 is 12.0 Å². The summed E-state index contributed by atoms with van der Waals surface area (Å²) in [4.78, 5) is 11.9. The van der Waals surface area contributed by atoms with E-state index in [1.165, 1.54) is 6.08 Å². The molecule has 0 aliphatic heterocycles. The summed E-state index contributed by atoms with van der Waals surface area (Å²) in [7, 11) is 0. The summed E-state index contributed by atoms with van der Waals surface area (Å²) in [5, 5.41) is 11.9. The van der Waals surface area contributed by atoms with Gasteiger partial charge < -0.3 is 9.73 Å². The van der Waals surface area contributed by atoms with E-state index in [2.05, 4.69) is 5.32 Å². The van der Waals surface area contributed by atoms with Crippen molar-refractivity contribution in [3.63, 3.8) is 0 Å². The van der Waals surface area contributed by atoms with Gasteiger partial charge in [0.25, 0.3) is 5.91 Å². The number of rotatable bonds is 3. The molecular formula is C14H16N2O2. The van der Waals surface area contributed by atoms with Crippen LogP contribution in [0.1, 0.15) is 37.2 Å². The number of nitrogens with one attached hydrogen (secondary N) is 1. The van der Waals surface area contributed by atoms with Gasteiger partial charge in [-0.2, -0.15) is 5.26 Å². The summed E-state index contributed by atoms with van der Waals surface area (Å²) in [5.74, 6) is 0.985. The molecule has 0 saturated heterocycles. The van der Waals surface area contributed by atoms with E-state index in [0.29, 0.717) is 5.76 Å². The second-order valence-electron chi connectivity index (χ2n) is 4.57. The van der Waals surface area contributed by atoms with Crippen molar-refractivity contribution in [2.24, 2.45) is 0 Å². The van der Waals surface area contributed by atoms with E-state index < -0.39 is 0 Å². The first-order valence-corrected chi connectivity index (χ1v) is 6.18. The van der Waals surface area contributed by atoms with E-state index in [-0.39, 0.29) is 17.5 Å². The molecule has 1 heterocycles. The van der Waals surface area contributed by atoms with Crippen LogP contribution in [0.5, 0.6) is 0 Å². The van der Waals surface area contributed by atoms with Crippen LogP contribution in [-0.4, -0.2) is 11.9 Å². The number of carbonyl (C=O) groups is 1. The number of carbonyl (C=O) groups excluding carboxylic acids is 1. The third kappa shape index (κ3) is 3.01. The van der Waals surface area contributed by atoms with Crippen molar-refractivity contribution in [2.75, 3.05) is 0 Å². The molecule has 0 radical (unpaired) electrons. The number of hydrogen-bond donors (Lipinski definition) is 1. The van der Waals surface area contributed by atoms with Gasteiger partial charge in [0.05, 0.1) is 0 Å². The molecule has 1 saturated carbocycles. The minimum atomic E-state index is -0.307. The van der Waals surface area contributed by atoms with Gasteiger partial charge in [-0.1, -0.05) is 12.8 Å². The van der Waals surface area contributed by atoms with Gasteiger partial charge in [-0.15, -0.1) is 0 Å². The number of amides is 1. The fourth-order valence-electron chi connectivity index (χ4n) is 2.16. The van der Waals surface area contributed by atoms with Crippen molar-refractivity contribution < 1.29 is 9.21 Å². The lowest BCUT2D eigenvalue weighted by atomic mass is 10.2. The number of nitriles is 1. The molecular weight excluding hydrogens is 228 g/mol. The minimum absolute atomic E-state index is 0.0937. The molecule has 0 unspecified atom stereocenters. The zero-order valence-electron chi connectivity index (χ0n) is 10.4. The van der Waals surface area contributed by atoms with Crippen LogP contribution in [0, 0.1) is 18.3 Å². The Morgan fingerprint density at radius 3 is 2.78 bits per heavy atom. The van der Waals surface area contributed by atoms with Crippen molar-refractivity contribution in [1.29, 1.82) is 5.26 Å². The van der Waals surface area contributed by atoms with Crippen molar-refractivity contribution in [3.05, 3.63) is 29.2 Å². The Morgan fingerprint density at radius 1 is 1.50 bits per heavy atom. The lowest BCUT2D eigenvalue weighted by Crippen LogP contribution is -2.33. The third-order valence-electron chi connectivity index (χ3n) is 3.10. The third-order valence-corrected chi connectivity index (χ3v) is 3.10. The maximum absolute atomic E-state index is 11.9. The Morgan fingerprint density at radius 2 is 2.22 bits per heavy atom. The van der Waals surface area contributed by atoms with Gasteiger partial charge >= 0.3 is 0 Å². The van der Waals surface area contributed by atoms with Gasteiger partial charge in [-0.25, -0.2) is 0 Å². The molecule has 1 N–H and O–H groups in total. The highest BCUT2D eigenvalue weighted by Crippen LogP contribution is 2.18. The summed E-state index contributed by atoms with van der Waals surface area (Å²) in [5.41, 5.74) is 0.0937. The van der Waals surface area contributed by atoms with E-state index >= 15 is 0 Å². The predicted octanol–water partition coefficient (Wildman–Crippen LogP) is 2.55. The van der Waals surface area contributed by atoms with Gasteiger partial charge in [0.15, 0.2) is 0 Å². The average Bonchev–Trinajstić information content (AvgIpc) is 2.97. The van der Waals surface area contributed by atoms with Gasteiger partial charge in [-0.3, -0.25) is 4.79 Å². The van der Waals surface area contributed by atoms with Crippen LogP contribution >= 0.6 is 0 Å². The van der Waals surface area contributed by atoms with E-state index in [9.17, 15) is 4.79 Å². The number of hydrogen-bond acceptors (Lipinski definition) is 3. The second kappa shape index (κ2) is 5.54. The molecule has 2 rings (SSSR count). The Hall–Kier alpha value is -2.02. The molecule has 18 heavy (non-hydrogen) atoms. The highest BCUT2D eigenvalue weighted by Gasteiger charge is 2.19. The Kier molecular flexibility index (Phi) is 3.83. The molecule has 1 aromatic rings. The maximum Gasteiger partial charge on any atom is 0.262 e. The second-order valence-corrected chi connectivity index (χ2v) is 4.57. The molecule has 0 bridgehead atoms. The zero-order valence-corrected chi connectivity index (χ0v) is 10.4. The molecule has 4 nitrogen and oxygen atoms in total. The molecule has 1 aliphatic carbocycles. The average molecular weight is 244 g/mol. The zero-order chi connectivity index (χ0) is 13.0. The number of aryl methyl sites for hydroxylation is 1. The molecule has 1 aromatic heterocycles. The van der Waals surface area contributed by atoms with Crippen LogP contribution in [0.15, 0.2) is 22.1 Å². The summed E-state index contributed by atoms with van der Waals surface area (Å²) >= 11 is 0. The summed E-state index contributed by atoms with van der Waals surface area (Å²) in [6.07, 6.45) is 5.79. The van der Waals surface area contributed by atoms with Crippen LogP contribution in [0.4, 0.5) is 0 Å². The van der Waals surface area contributed by atoms with Gasteiger partial charge in [0.1, 0.15) is 23.2 Å². The van der Waals surface area contributed by atoms with Crippen molar-refractivity contribution in [3.8, 4) is 6.07 Å². The first-order valence-electron chi connectivity index (χ1n) is 6.18. The van der Waals surface area contributed by atoms with E-state index in [0.717, 1.165) is 31.4 Å². The largest absolute Gasteiger partial charge is 0.462 e. The Labute approximate surface area is 106 Å². The van der Waals surface area contributed by atoms with E-state index in [1.54, 1.807) is 12.1 Å². The molecule has 0 aromatic carbocycles. The van der Waals surface area contributed by atoms with Gasteiger partial charge in [-0.05, 0) is 31.9 Å². The van der Waals surface area contributed by atoms with Gasteiger partial charge in [0.2, 0.25) is 0 Å². The molecule has 1 fully saturated rings. The molecule has 0 atom stereocenters. The predicted molar refractivity (Wildman–Crippen MR) is 67.4 cm³/mol. The molecule has 1 aliphatic rings. The van der Waals surface area contributed by atoms with Crippen molar-refractivity contribution in [1.82, 2.24) is 5.32 Å². The Bertz CT molecular complexity index is 502. The topological polar surface area (TPSA) is 66.0 Å². The molecule has 0 spiro atoms. The van der Waals surface area contributed by atoms with E-state index in [4.69, 9.17) is 9.68 Å².